The van der Waals surface area contributed by atoms with E-state index in [4.69, 9.17) is 0 Å². The Morgan fingerprint density at radius 1 is 1.31 bits per heavy atom. The molecule has 1 aromatic heterocycles. The van der Waals surface area contributed by atoms with Gasteiger partial charge >= 0.3 is 0 Å². The van der Waals surface area contributed by atoms with E-state index in [1.807, 2.05) is 20.8 Å². The fourth-order valence-corrected chi connectivity index (χ4v) is 1.94. The minimum Gasteiger partial charge on any atom is -0.393 e. The quantitative estimate of drug-likeness (QED) is 0.798. The molecule has 0 spiro atoms. The number of aliphatic hydroxyl groups is 1. The van der Waals surface area contributed by atoms with Crippen molar-refractivity contribution >= 4 is 5.95 Å². The zero-order valence-corrected chi connectivity index (χ0v) is 10.0. The van der Waals surface area contributed by atoms with Gasteiger partial charge in [0.1, 0.15) is 0 Å². The van der Waals surface area contributed by atoms with Crippen molar-refractivity contribution in [2.75, 3.05) is 18.0 Å². The number of nitrogens with zero attached hydrogens (tertiary/aromatic N) is 4. The third-order valence-corrected chi connectivity index (χ3v) is 3.27. The molecule has 0 saturated carbocycles. The Kier molecular flexibility index (Phi) is 3.05. The first-order valence-corrected chi connectivity index (χ1v) is 5.69. The fourth-order valence-electron chi connectivity index (χ4n) is 1.94. The van der Waals surface area contributed by atoms with Crippen LogP contribution in [0.25, 0.3) is 0 Å². The van der Waals surface area contributed by atoms with Crippen LogP contribution in [-0.2, 0) is 0 Å². The molecule has 0 bridgehead atoms. The molecular weight excluding hydrogens is 204 g/mol. The molecule has 2 heterocycles. The first kappa shape index (κ1) is 11.3. The molecule has 1 fully saturated rings. The van der Waals surface area contributed by atoms with Crippen LogP contribution in [-0.4, -0.2) is 39.5 Å². The Bertz CT molecular complexity index is 380. The van der Waals surface area contributed by atoms with Crippen LogP contribution in [0.1, 0.15) is 24.7 Å². The van der Waals surface area contributed by atoms with Crippen LogP contribution in [0.3, 0.4) is 0 Å². The van der Waals surface area contributed by atoms with Crippen molar-refractivity contribution in [2.24, 2.45) is 5.92 Å². The summed E-state index contributed by atoms with van der Waals surface area (Å²) in [6.07, 6.45) is 0.734. The Balaban J connectivity index is 2.11. The summed E-state index contributed by atoms with van der Waals surface area (Å²) >= 11 is 0. The number of aliphatic hydroxyl groups excluding tert-OH is 1. The van der Waals surface area contributed by atoms with Gasteiger partial charge in [-0.25, -0.2) is 4.98 Å². The predicted molar refractivity (Wildman–Crippen MR) is 61.3 cm³/mol. The van der Waals surface area contributed by atoms with E-state index in [-0.39, 0.29) is 6.10 Å². The number of anilines is 1. The highest BCUT2D eigenvalue weighted by Crippen LogP contribution is 2.22. The molecule has 2 unspecified atom stereocenters. The predicted octanol–water partition coefficient (Wildman–Crippen LogP) is 0.696. The molecule has 0 aromatic carbocycles. The molecule has 1 aromatic rings. The summed E-state index contributed by atoms with van der Waals surface area (Å²) in [7, 11) is 0. The van der Waals surface area contributed by atoms with Gasteiger partial charge in [-0.2, -0.15) is 5.10 Å². The Hall–Kier alpha value is -1.23. The first-order chi connectivity index (χ1) is 7.58. The second-order valence-corrected chi connectivity index (χ2v) is 4.52. The zero-order chi connectivity index (χ0) is 11.7. The topological polar surface area (TPSA) is 62.1 Å². The molecule has 1 aliphatic rings. The lowest BCUT2D eigenvalue weighted by molar-refractivity contribution is 0.136. The summed E-state index contributed by atoms with van der Waals surface area (Å²) in [5, 5.41) is 17.7. The second-order valence-electron chi connectivity index (χ2n) is 4.52. The summed E-state index contributed by atoms with van der Waals surface area (Å²) in [4.78, 5) is 6.51. The van der Waals surface area contributed by atoms with Gasteiger partial charge in [0.25, 0.3) is 0 Å². The van der Waals surface area contributed by atoms with Gasteiger partial charge in [-0.3, -0.25) is 0 Å². The number of aryl methyl sites for hydroxylation is 2. The van der Waals surface area contributed by atoms with Gasteiger partial charge in [0.2, 0.25) is 5.95 Å². The summed E-state index contributed by atoms with van der Waals surface area (Å²) in [6, 6.07) is 0. The van der Waals surface area contributed by atoms with Crippen LogP contribution in [0.5, 0.6) is 0 Å². The van der Waals surface area contributed by atoms with Crippen molar-refractivity contribution in [3.05, 3.63) is 11.4 Å². The van der Waals surface area contributed by atoms with Gasteiger partial charge in [-0.05, 0) is 27.2 Å². The van der Waals surface area contributed by atoms with Gasteiger partial charge in [0, 0.05) is 19.0 Å². The van der Waals surface area contributed by atoms with Crippen LogP contribution < -0.4 is 4.90 Å². The smallest absolute Gasteiger partial charge is 0.245 e. The highest BCUT2D eigenvalue weighted by molar-refractivity contribution is 5.31. The molecule has 5 heteroatoms. The average molecular weight is 222 g/mol. The van der Waals surface area contributed by atoms with Crippen LogP contribution in [0.2, 0.25) is 0 Å². The second kappa shape index (κ2) is 4.33. The van der Waals surface area contributed by atoms with E-state index in [0.29, 0.717) is 11.9 Å². The minimum absolute atomic E-state index is 0.260. The largest absolute Gasteiger partial charge is 0.393 e. The molecule has 2 rings (SSSR count). The average Bonchev–Trinajstić information content (AvgIpc) is 2.71. The van der Waals surface area contributed by atoms with E-state index in [1.165, 1.54) is 0 Å². The maximum Gasteiger partial charge on any atom is 0.245 e. The van der Waals surface area contributed by atoms with E-state index >= 15 is 0 Å². The van der Waals surface area contributed by atoms with E-state index in [9.17, 15) is 5.11 Å². The van der Waals surface area contributed by atoms with Crippen LogP contribution >= 0.6 is 0 Å². The van der Waals surface area contributed by atoms with Crippen molar-refractivity contribution in [3.63, 3.8) is 0 Å². The van der Waals surface area contributed by atoms with Crippen molar-refractivity contribution in [2.45, 2.75) is 33.3 Å². The monoisotopic (exact) mass is 222 g/mol. The summed E-state index contributed by atoms with van der Waals surface area (Å²) in [5.41, 5.74) is 1.79. The molecular formula is C11H18N4O. The SMILES string of the molecule is Cc1nnc(N2CCC(C(C)O)C2)nc1C. The summed E-state index contributed by atoms with van der Waals surface area (Å²) in [5.74, 6) is 1.01. The molecule has 0 radical (unpaired) electrons. The highest BCUT2D eigenvalue weighted by atomic mass is 16.3. The lowest BCUT2D eigenvalue weighted by atomic mass is 10.0. The molecule has 88 valence electrons. The normalized spacial score (nSPS) is 22.5. The van der Waals surface area contributed by atoms with Crippen molar-refractivity contribution in [1.29, 1.82) is 0 Å². The number of hydrogen-bond acceptors (Lipinski definition) is 5. The van der Waals surface area contributed by atoms with Crippen LogP contribution in [0.15, 0.2) is 0 Å². The van der Waals surface area contributed by atoms with Gasteiger partial charge in [-0.15, -0.1) is 5.10 Å². The summed E-state index contributed by atoms with van der Waals surface area (Å²) < 4.78 is 0. The third kappa shape index (κ3) is 2.14. The first-order valence-electron chi connectivity index (χ1n) is 5.69. The third-order valence-electron chi connectivity index (χ3n) is 3.27. The molecule has 0 amide bonds. The molecule has 16 heavy (non-hydrogen) atoms. The van der Waals surface area contributed by atoms with Crippen molar-refractivity contribution < 1.29 is 5.11 Å². The van der Waals surface area contributed by atoms with E-state index < -0.39 is 0 Å². The maximum atomic E-state index is 9.53. The lowest BCUT2D eigenvalue weighted by Crippen LogP contribution is -2.26. The van der Waals surface area contributed by atoms with Gasteiger partial charge in [0.15, 0.2) is 0 Å². The van der Waals surface area contributed by atoms with Crippen molar-refractivity contribution in [1.82, 2.24) is 15.2 Å². The molecule has 1 aliphatic heterocycles. The van der Waals surface area contributed by atoms with Crippen molar-refractivity contribution in [3.8, 4) is 0 Å². The minimum atomic E-state index is -0.260. The van der Waals surface area contributed by atoms with Crippen LogP contribution in [0.4, 0.5) is 5.95 Å². The molecule has 5 nitrogen and oxygen atoms in total. The Labute approximate surface area is 95.5 Å². The van der Waals surface area contributed by atoms with E-state index in [0.717, 1.165) is 30.9 Å². The Morgan fingerprint density at radius 2 is 2.06 bits per heavy atom. The molecule has 0 aliphatic carbocycles. The molecule has 1 N–H and O–H groups in total. The molecule has 2 atom stereocenters. The lowest BCUT2D eigenvalue weighted by Gasteiger charge is -2.17. The number of aromatic nitrogens is 3. The fraction of sp³-hybridized carbons (Fsp3) is 0.727. The standard InChI is InChI=1S/C11H18N4O/c1-7-8(2)13-14-11(12-7)15-5-4-10(6-15)9(3)16/h9-10,16H,4-6H2,1-3H3. The number of hydrogen-bond donors (Lipinski definition) is 1. The maximum absolute atomic E-state index is 9.53. The highest BCUT2D eigenvalue weighted by Gasteiger charge is 2.27. The van der Waals surface area contributed by atoms with E-state index in [1.54, 1.807) is 0 Å². The van der Waals surface area contributed by atoms with E-state index in [2.05, 4.69) is 20.1 Å². The van der Waals surface area contributed by atoms with Gasteiger partial charge in [0.05, 0.1) is 17.5 Å². The molecule has 1 saturated heterocycles. The summed E-state index contributed by atoms with van der Waals surface area (Å²) in [6.45, 7) is 7.41. The zero-order valence-electron chi connectivity index (χ0n) is 10.0. The van der Waals surface area contributed by atoms with Crippen LogP contribution in [0, 0.1) is 19.8 Å². The van der Waals surface area contributed by atoms with Gasteiger partial charge in [-0.1, -0.05) is 0 Å². The van der Waals surface area contributed by atoms with Gasteiger partial charge < -0.3 is 10.0 Å². The Morgan fingerprint density at radius 3 is 2.62 bits per heavy atom. The number of rotatable bonds is 2.